The van der Waals surface area contributed by atoms with E-state index in [1.54, 1.807) is 6.92 Å². The van der Waals surface area contributed by atoms with Crippen LogP contribution >= 0.6 is 0 Å². The van der Waals surface area contributed by atoms with Crippen molar-refractivity contribution < 1.29 is 19.4 Å². The maximum absolute atomic E-state index is 11.7. The summed E-state index contributed by atoms with van der Waals surface area (Å²) in [6, 6.07) is -1.03. The molecule has 0 fully saturated rings. The van der Waals surface area contributed by atoms with Crippen molar-refractivity contribution in [2.45, 2.75) is 26.3 Å². The number of H-pyrrole nitrogens is 1. The minimum atomic E-state index is -1.12. The molecular weight excluding hydrogens is 238 g/mol. The number of ether oxygens (including phenoxy) is 1. The normalized spacial score (nSPS) is 12.2. The number of amides is 1. The molecule has 0 saturated carbocycles. The molecule has 0 saturated heterocycles. The molecule has 0 aliphatic carbocycles. The number of carboxylic acids is 1. The van der Waals surface area contributed by atoms with E-state index >= 15 is 0 Å². The Morgan fingerprint density at radius 2 is 2.17 bits per heavy atom. The Morgan fingerprint density at radius 1 is 1.50 bits per heavy atom. The van der Waals surface area contributed by atoms with E-state index in [2.05, 4.69) is 15.5 Å². The summed E-state index contributed by atoms with van der Waals surface area (Å²) in [6.45, 7) is 3.53. The maximum Gasteiger partial charge on any atom is 0.328 e. The SMILES string of the molecule is COCC(NC(=O)Cc1c(C)n[nH]c1C)C(=O)O. The second-order valence-corrected chi connectivity index (χ2v) is 4.00. The van der Waals surface area contributed by atoms with Crippen LogP contribution in [0, 0.1) is 13.8 Å². The number of carbonyl (C=O) groups is 2. The summed E-state index contributed by atoms with van der Waals surface area (Å²) in [5.74, 6) is -1.49. The van der Waals surface area contributed by atoms with E-state index in [0.717, 1.165) is 17.0 Å². The molecule has 1 amide bonds. The summed E-state index contributed by atoms with van der Waals surface area (Å²) >= 11 is 0. The lowest BCUT2D eigenvalue weighted by molar-refractivity contribution is -0.143. The number of nitrogens with one attached hydrogen (secondary N) is 2. The van der Waals surface area contributed by atoms with Gasteiger partial charge in [-0.3, -0.25) is 9.89 Å². The Labute approximate surface area is 105 Å². The molecule has 7 nitrogen and oxygen atoms in total. The molecule has 1 unspecified atom stereocenters. The smallest absolute Gasteiger partial charge is 0.328 e. The average Bonchev–Trinajstić information content (AvgIpc) is 2.60. The monoisotopic (exact) mass is 255 g/mol. The Hall–Kier alpha value is -1.89. The van der Waals surface area contributed by atoms with Crippen LogP contribution < -0.4 is 5.32 Å². The van der Waals surface area contributed by atoms with Crippen molar-refractivity contribution in [3.63, 3.8) is 0 Å². The Balaban J connectivity index is 2.63. The highest BCUT2D eigenvalue weighted by Gasteiger charge is 2.20. The van der Waals surface area contributed by atoms with E-state index in [1.807, 2.05) is 6.92 Å². The number of aromatic nitrogens is 2. The number of hydrogen-bond donors (Lipinski definition) is 3. The van der Waals surface area contributed by atoms with E-state index in [1.165, 1.54) is 7.11 Å². The zero-order chi connectivity index (χ0) is 13.7. The summed E-state index contributed by atoms with van der Waals surface area (Å²) < 4.78 is 4.73. The molecule has 0 aliphatic rings. The molecule has 1 atom stereocenters. The largest absolute Gasteiger partial charge is 0.480 e. The summed E-state index contributed by atoms with van der Waals surface area (Å²) in [5, 5.41) is 18.0. The zero-order valence-corrected chi connectivity index (χ0v) is 10.6. The molecule has 0 aromatic carbocycles. The van der Waals surface area contributed by atoms with Crippen LogP contribution in [0.5, 0.6) is 0 Å². The standard InChI is InChI=1S/C11H17N3O4/c1-6-8(7(2)14-13-6)4-10(15)12-9(5-18-3)11(16)17/h9H,4-5H2,1-3H3,(H,12,15)(H,13,14)(H,16,17). The van der Waals surface area contributed by atoms with Crippen molar-refractivity contribution in [3.05, 3.63) is 17.0 Å². The van der Waals surface area contributed by atoms with Crippen LogP contribution in [0.15, 0.2) is 0 Å². The molecule has 1 aromatic rings. The van der Waals surface area contributed by atoms with Gasteiger partial charge >= 0.3 is 5.97 Å². The van der Waals surface area contributed by atoms with E-state index in [9.17, 15) is 9.59 Å². The molecule has 0 bridgehead atoms. The summed E-state index contributed by atoms with van der Waals surface area (Å²) in [4.78, 5) is 22.6. The van der Waals surface area contributed by atoms with Gasteiger partial charge in [0.25, 0.3) is 0 Å². The average molecular weight is 255 g/mol. The van der Waals surface area contributed by atoms with Gasteiger partial charge in [-0.05, 0) is 13.8 Å². The number of hydrogen-bond acceptors (Lipinski definition) is 4. The second-order valence-electron chi connectivity index (χ2n) is 4.00. The summed E-state index contributed by atoms with van der Waals surface area (Å²) in [5.41, 5.74) is 2.33. The molecule has 0 radical (unpaired) electrons. The number of carboxylic acid groups (broad SMARTS) is 1. The second kappa shape index (κ2) is 6.15. The first-order valence-corrected chi connectivity index (χ1v) is 5.47. The lowest BCUT2D eigenvalue weighted by Gasteiger charge is -2.13. The van der Waals surface area contributed by atoms with Crippen LogP contribution in [0.3, 0.4) is 0 Å². The van der Waals surface area contributed by atoms with Gasteiger partial charge in [-0.2, -0.15) is 5.10 Å². The van der Waals surface area contributed by atoms with E-state index < -0.39 is 12.0 Å². The van der Waals surface area contributed by atoms with Gasteiger partial charge in [-0.1, -0.05) is 0 Å². The van der Waals surface area contributed by atoms with Crippen LogP contribution in [0.25, 0.3) is 0 Å². The van der Waals surface area contributed by atoms with Crippen LogP contribution in [0.2, 0.25) is 0 Å². The molecule has 0 spiro atoms. The van der Waals surface area contributed by atoms with Crippen molar-refractivity contribution in [2.24, 2.45) is 0 Å². The lowest BCUT2D eigenvalue weighted by atomic mass is 10.1. The molecule has 7 heteroatoms. The topological polar surface area (TPSA) is 104 Å². The van der Waals surface area contributed by atoms with Crippen LogP contribution in [0.1, 0.15) is 17.0 Å². The van der Waals surface area contributed by atoms with E-state index in [4.69, 9.17) is 9.84 Å². The van der Waals surface area contributed by atoms with E-state index in [-0.39, 0.29) is 18.9 Å². The summed E-state index contributed by atoms with van der Waals surface area (Å²) in [7, 11) is 1.38. The van der Waals surface area contributed by atoms with Gasteiger partial charge in [0.05, 0.1) is 18.7 Å². The zero-order valence-electron chi connectivity index (χ0n) is 10.6. The van der Waals surface area contributed by atoms with Crippen LogP contribution in [0.4, 0.5) is 0 Å². The number of carbonyl (C=O) groups excluding carboxylic acids is 1. The van der Waals surface area contributed by atoms with Gasteiger partial charge in [0.15, 0.2) is 6.04 Å². The van der Waals surface area contributed by atoms with Crippen molar-refractivity contribution in [1.82, 2.24) is 15.5 Å². The number of aliphatic carboxylic acids is 1. The number of aromatic amines is 1. The maximum atomic E-state index is 11.7. The number of aryl methyl sites for hydroxylation is 2. The van der Waals surface area contributed by atoms with Crippen molar-refractivity contribution in [2.75, 3.05) is 13.7 Å². The molecule has 18 heavy (non-hydrogen) atoms. The van der Waals surface area contributed by atoms with Gasteiger partial charge in [0, 0.05) is 18.4 Å². The molecule has 1 heterocycles. The molecule has 3 N–H and O–H groups in total. The van der Waals surface area contributed by atoms with Gasteiger partial charge in [-0.25, -0.2) is 4.79 Å². The minimum Gasteiger partial charge on any atom is -0.480 e. The van der Waals surface area contributed by atoms with Crippen LogP contribution in [-0.2, 0) is 20.7 Å². The van der Waals surface area contributed by atoms with E-state index in [0.29, 0.717) is 0 Å². The first-order valence-electron chi connectivity index (χ1n) is 5.47. The molecular formula is C11H17N3O4. The molecule has 100 valence electrons. The first kappa shape index (κ1) is 14.2. The predicted molar refractivity (Wildman–Crippen MR) is 63.2 cm³/mol. The van der Waals surface area contributed by atoms with Crippen molar-refractivity contribution in [3.8, 4) is 0 Å². The fraction of sp³-hybridized carbons (Fsp3) is 0.545. The molecule has 1 rings (SSSR count). The van der Waals surface area contributed by atoms with Gasteiger partial charge in [-0.15, -0.1) is 0 Å². The fourth-order valence-corrected chi connectivity index (χ4v) is 1.58. The number of rotatable bonds is 6. The lowest BCUT2D eigenvalue weighted by Crippen LogP contribution is -2.44. The highest BCUT2D eigenvalue weighted by Crippen LogP contribution is 2.09. The highest BCUT2D eigenvalue weighted by atomic mass is 16.5. The predicted octanol–water partition coefficient (Wildman–Crippen LogP) is -0.215. The fourth-order valence-electron chi connectivity index (χ4n) is 1.58. The summed E-state index contributed by atoms with van der Waals surface area (Å²) in [6.07, 6.45) is 0.0989. The van der Waals surface area contributed by atoms with Gasteiger partial charge in [0.2, 0.25) is 5.91 Å². The third-order valence-electron chi connectivity index (χ3n) is 2.58. The van der Waals surface area contributed by atoms with Gasteiger partial charge < -0.3 is 15.2 Å². The van der Waals surface area contributed by atoms with Crippen molar-refractivity contribution in [1.29, 1.82) is 0 Å². The minimum absolute atomic E-state index is 0.0651. The third-order valence-corrected chi connectivity index (χ3v) is 2.58. The Kier molecular flexibility index (Phi) is 4.85. The molecule has 1 aromatic heterocycles. The van der Waals surface area contributed by atoms with Gasteiger partial charge in [0.1, 0.15) is 0 Å². The van der Waals surface area contributed by atoms with Crippen molar-refractivity contribution >= 4 is 11.9 Å². The quantitative estimate of drug-likeness (QED) is 0.652. The number of nitrogens with zero attached hydrogens (tertiary/aromatic N) is 1. The van der Waals surface area contributed by atoms with Crippen LogP contribution in [-0.4, -0.2) is 46.9 Å². The Morgan fingerprint density at radius 3 is 2.61 bits per heavy atom. The Bertz CT molecular complexity index is 422. The molecule has 0 aliphatic heterocycles. The third kappa shape index (κ3) is 3.56. The number of methoxy groups -OCH3 is 1. The first-order chi connectivity index (χ1) is 8.45. The highest BCUT2D eigenvalue weighted by molar-refractivity contribution is 5.85.